The molecule has 5 nitrogen and oxygen atoms in total. The molecule has 0 aliphatic rings. The Morgan fingerprint density at radius 1 is 1.42 bits per heavy atom. The molecular formula is C14H18N4O. The van der Waals surface area contributed by atoms with Gasteiger partial charge in [-0.25, -0.2) is 9.67 Å². The van der Waals surface area contributed by atoms with Crippen molar-refractivity contribution in [1.82, 2.24) is 20.1 Å². The molecule has 0 unspecified atom stereocenters. The minimum Gasteiger partial charge on any atom is -0.352 e. The summed E-state index contributed by atoms with van der Waals surface area (Å²) in [6.45, 7) is 2.62. The summed E-state index contributed by atoms with van der Waals surface area (Å²) in [4.78, 5) is 15.5. The molecule has 0 bridgehead atoms. The van der Waals surface area contributed by atoms with E-state index >= 15 is 0 Å². The molecule has 5 heteroatoms. The third-order valence-electron chi connectivity index (χ3n) is 2.84. The second-order valence-electron chi connectivity index (χ2n) is 4.39. The summed E-state index contributed by atoms with van der Waals surface area (Å²) in [5, 5.41) is 7.00. The van der Waals surface area contributed by atoms with Crippen LogP contribution in [0.2, 0.25) is 0 Å². The van der Waals surface area contributed by atoms with Crippen molar-refractivity contribution in [2.45, 2.75) is 32.7 Å². The molecule has 1 heterocycles. The predicted octanol–water partition coefficient (Wildman–Crippen LogP) is 2.07. The summed E-state index contributed by atoms with van der Waals surface area (Å²) < 4.78 is 1.70. The lowest BCUT2D eigenvalue weighted by Crippen LogP contribution is -2.22. The van der Waals surface area contributed by atoms with Crippen LogP contribution in [0.25, 0.3) is 5.69 Å². The van der Waals surface area contributed by atoms with E-state index in [0.717, 1.165) is 24.1 Å². The van der Waals surface area contributed by atoms with Gasteiger partial charge in [0, 0.05) is 13.0 Å². The van der Waals surface area contributed by atoms with Gasteiger partial charge in [-0.2, -0.15) is 5.10 Å². The Balaban J connectivity index is 1.94. The van der Waals surface area contributed by atoms with Gasteiger partial charge in [-0.1, -0.05) is 25.5 Å². The number of benzene rings is 1. The Hall–Kier alpha value is -2.17. The Morgan fingerprint density at radius 3 is 3.05 bits per heavy atom. The molecule has 1 aromatic carbocycles. The molecule has 2 aromatic rings. The normalized spacial score (nSPS) is 10.4. The number of carbonyl (C=O) groups is 1. The van der Waals surface area contributed by atoms with Crippen LogP contribution in [0.15, 0.2) is 36.9 Å². The molecule has 100 valence electrons. The first kappa shape index (κ1) is 13.3. The largest absolute Gasteiger partial charge is 0.352 e. The predicted molar refractivity (Wildman–Crippen MR) is 72.7 cm³/mol. The highest BCUT2D eigenvalue weighted by Gasteiger charge is 2.02. The first-order valence-corrected chi connectivity index (χ1v) is 6.50. The third-order valence-corrected chi connectivity index (χ3v) is 2.84. The van der Waals surface area contributed by atoms with E-state index < -0.39 is 0 Å². The van der Waals surface area contributed by atoms with Gasteiger partial charge in [0.1, 0.15) is 12.7 Å². The molecule has 19 heavy (non-hydrogen) atoms. The summed E-state index contributed by atoms with van der Waals surface area (Å²) in [5.74, 6) is 0.105. The zero-order chi connectivity index (χ0) is 13.5. The van der Waals surface area contributed by atoms with Crippen molar-refractivity contribution in [3.63, 3.8) is 0 Å². The number of amides is 1. The van der Waals surface area contributed by atoms with Crippen LogP contribution in [0.5, 0.6) is 0 Å². The third kappa shape index (κ3) is 3.91. The fourth-order valence-corrected chi connectivity index (χ4v) is 1.78. The number of nitrogens with one attached hydrogen (secondary N) is 1. The van der Waals surface area contributed by atoms with E-state index in [1.165, 1.54) is 6.33 Å². The summed E-state index contributed by atoms with van der Waals surface area (Å²) >= 11 is 0. The molecule has 1 N–H and O–H groups in total. The average Bonchev–Trinajstić information content (AvgIpc) is 2.97. The number of rotatable bonds is 6. The van der Waals surface area contributed by atoms with Crippen molar-refractivity contribution in [2.75, 3.05) is 0 Å². The molecule has 0 aliphatic carbocycles. The maximum Gasteiger partial charge on any atom is 0.220 e. The summed E-state index contributed by atoms with van der Waals surface area (Å²) in [6, 6.07) is 7.89. The number of aromatic nitrogens is 3. The van der Waals surface area contributed by atoms with Crippen molar-refractivity contribution in [1.29, 1.82) is 0 Å². The lowest BCUT2D eigenvalue weighted by Gasteiger charge is -2.07. The molecule has 0 saturated carbocycles. The van der Waals surface area contributed by atoms with Gasteiger partial charge in [0.15, 0.2) is 0 Å². The Labute approximate surface area is 112 Å². The van der Waals surface area contributed by atoms with Gasteiger partial charge in [-0.05, 0) is 24.1 Å². The van der Waals surface area contributed by atoms with Gasteiger partial charge in [0.05, 0.1) is 5.69 Å². The van der Waals surface area contributed by atoms with Gasteiger partial charge < -0.3 is 5.32 Å². The average molecular weight is 258 g/mol. The van der Waals surface area contributed by atoms with Crippen molar-refractivity contribution < 1.29 is 4.79 Å². The Morgan fingerprint density at radius 2 is 2.32 bits per heavy atom. The number of nitrogens with zero attached hydrogens (tertiary/aromatic N) is 3. The summed E-state index contributed by atoms with van der Waals surface area (Å²) in [6.07, 6.45) is 5.72. The summed E-state index contributed by atoms with van der Waals surface area (Å²) in [5.41, 5.74) is 2.00. The van der Waals surface area contributed by atoms with Crippen LogP contribution in [0.1, 0.15) is 31.7 Å². The van der Waals surface area contributed by atoms with Crippen molar-refractivity contribution >= 4 is 5.91 Å². The minimum absolute atomic E-state index is 0.105. The monoisotopic (exact) mass is 258 g/mol. The summed E-state index contributed by atoms with van der Waals surface area (Å²) in [7, 11) is 0. The molecular weight excluding hydrogens is 240 g/mol. The maximum atomic E-state index is 11.6. The van der Waals surface area contributed by atoms with E-state index in [1.54, 1.807) is 11.0 Å². The number of carbonyl (C=O) groups excluding carboxylic acids is 1. The highest BCUT2D eigenvalue weighted by Crippen LogP contribution is 2.09. The van der Waals surface area contributed by atoms with Crippen LogP contribution < -0.4 is 5.32 Å². The highest BCUT2D eigenvalue weighted by molar-refractivity contribution is 5.75. The Kier molecular flexibility index (Phi) is 4.66. The molecule has 1 amide bonds. The first-order valence-electron chi connectivity index (χ1n) is 6.50. The fraction of sp³-hybridized carbons (Fsp3) is 0.357. The number of unbranched alkanes of at least 4 members (excludes halogenated alkanes) is 1. The van der Waals surface area contributed by atoms with E-state index in [0.29, 0.717) is 13.0 Å². The second kappa shape index (κ2) is 6.68. The van der Waals surface area contributed by atoms with Crippen LogP contribution in [-0.2, 0) is 11.3 Å². The van der Waals surface area contributed by atoms with Crippen molar-refractivity contribution in [2.24, 2.45) is 0 Å². The van der Waals surface area contributed by atoms with E-state index in [9.17, 15) is 4.79 Å². The van der Waals surface area contributed by atoms with Crippen molar-refractivity contribution in [3.05, 3.63) is 42.5 Å². The molecule has 1 aromatic heterocycles. The highest BCUT2D eigenvalue weighted by atomic mass is 16.1. The quantitative estimate of drug-likeness (QED) is 0.863. The molecule has 0 saturated heterocycles. The van der Waals surface area contributed by atoms with Gasteiger partial charge in [0.2, 0.25) is 5.91 Å². The zero-order valence-corrected chi connectivity index (χ0v) is 11.0. The second-order valence-corrected chi connectivity index (χ2v) is 4.39. The van der Waals surface area contributed by atoms with Crippen LogP contribution in [0.4, 0.5) is 0 Å². The molecule has 0 aliphatic heterocycles. The van der Waals surface area contributed by atoms with Crippen molar-refractivity contribution in [3.8, 4) is 5.69 Å². The van der Waals surface area contributed by atoms with Gasteiger partial charge in [0.25, 0.3) is 0 Å². The molecule has 0 atom stereocenters. The van der Waals surface area contributed by atoms with E-state index in [2.05, 4.69) is 22.3 Å². The zero-order valence-electron chi connectivity index (χ0n) is 11.0. The number of hydrogen-bond donors (Lipinski definition) is 1. The van der Waals surface area contributed by atoms with E-state index in [1.807, 2.05) is 24.3 Å². The lowest BCUT2D eigenvalue weighted by atomic mass is 10.2. The standard InChI is InChI=1S/C14H18N4O/c1-2-3-7-14(19)16-9-12-5-4-6-13(8-12)18-11-15-10-17-18/h4-6,8,10-11H,2-3,7,9H2,1H3,(H,16,19). The SMILES string of the molecule is CCCCC(=O)NCc1cccc(-n2cncn2)c1. The number of hydrogen-bond acceptors (Lipinski definition) is 3. The first-order chi connectivity index (χ1) is 9.29. The van der Waals surface area contributed by atoms with Crippen LogP contribution in [0, 0.1) is 0 Å². The van der Waals surface area contributed by atoms with E-state index in [-0.39, 0.29) is 5.91 Å². The maximum absolute atomic E-state index is 11.6. The van der Waals surface area contributed by atoms with Crippen LogP contribution in [-0.4, -0.2) is 20.7 Å². The van der Waals surface area contributed by atoms with Gasteiger partial charge in [-0.15, -0.1) is 0 Å². The minimum atomic E-state index is 0.105. The topological polar surface area (TPSA) is 59.8 Å². The molecule has 0 fully saturated rings. The van der Waals surface area contributed by atoms with Gasteiger partial charge >= 0.3 is 0 Å². The van der Waals surface area contributed by atoms with E-state index in [4.69, 9.17) is 0 Å². The van der Waals surface area contributed by atoms with Gasteiger partial charge in [-0.3, -0.25) is 4.79 Å². The fourth-order valence-electron chi connectivity index (χ4n) is 1.78. The molecule has 0 radical (unpaired) electrons. The molecule has 2 rings (SSSR count). The van der Waals surface area contributed by atoms with Crippen LogP contribution >= 0.6 is 0 Å². The lowest BCUT2D eigenvalue weighted by molar-refractivity contribution is -0.121. The smallest absolute Gasteiger partial charge is 0.220 e. The van der Waals surface area contributed by atoms with Crippen LogP contribution in [0.3, 0.4) is 0 Å². The Bertz CT molecular complexity index is 522. The molecule has 0 spiro atoms.